The second-order valence-corrected chi connectivity index (χ2v) is 8.67. The first kappa shape index (κ1) is 26.6. The quantitative estimate of drug-likeness (QED) is 0.252. The van der Waals surface area contributed by atoms with Crippen molar-refractivity contribution in [3.63, 3.8) is 0 Å². The van der Waals surface area contributed by atoms with E-state index in [0.29, 0.717) is 25.1 Å². The zero-order chi connectivity index (χ0) is 25.8. The summed E-state index contributed by atoms with van der Waals surface area (Å²) >= 11 is 0. The van der Waals surface area contributed by atoms with Crippen LogP contribution in [0.3, 0.4) is 0 Å². The van der Waals surface area contributed by atoms with E-state index in [-0.39, 0.29) is 18.7 Å². The average molecular weight is 491 g/mol. The highest BCUT2D eigenvalue weighted by molar-refractivity contribution is 5.86. The van der Waals surface area contributed by atoms with Gasteiger partial charge in [0.05, 0.1) is 13.2 Å². The lowest BCUT2D eigenvalue weighted by Crippen LogP contribution is -2.46. The first-order chi connectivity index (χ1) is 17.4. The van der Waals surface area contributed by atoms with E-state index in [0.717, 1.165) is 16.8 Å². The number of hydrogen-bond acceptors (Lipinski definition) is 6. The van der Waals surface area contributed by atoms with Crippen LogP contribution in [-0.4, -0.2) is 31.8 Å². The predicted molar refractivity (Wildman–Crippen MR) is 140 cm³/mol. The van der Waals surface area contributed by atoms with Gasteiger partial charge in [-0.05, 0) is 62.1 Å². The average Bonchev–Trinajstić information content (AvgIpc) is 2.90. The summed E-state index contributed by atoms with van der Waals surface area (Å²) in [6.45, 7) is 4.18. The van der Waals surface area contributed by atoms with E-state index in [1.807, 2.05) is 98.8 Å². The number of carbonyl (C=O) groups is 2. The molecular weight excluding hydrogens is 456 g/mol. The maximum absolute atomic E-state index is 13.6. The Kier molecular flexibility index (Phi) is 9.74. The fourth-order valence-corrected chi connectivity index (χ4v) is 3.83. The number of carbonyl (C=O) groups excluding carboxylic acids is 2. The van der Waals surface area contributed by atoms with Crippen molar-refractivity contribution in [1.29, 1.82) is 0 Å². The van der Waals surface area contributed by atoms with Gasteiger partial charge in [-0.15, -0.1) is 0 Å². The van der Waals surface area contributed by atoms with Crippen molar-refractivity contribution in [3.05, 3.63) is 96.1 Å². The summed E-state index contributed by atoms with van der Waals surface area (Å²) in [7, 11) is 1.61. The summed E-state index contributed by atoms with van der Waals surface area (Å²) in [6, 6.07) is 26.4. The van der Waals surface area contributed by atoms with Crippen molar-refractivity contribution in [2.24, 2.45) is 0 Å². The van der Waals surface area contributed by atoms with E-state index in [1.54, 1.807) is 7.11 Å². The molecule has 3 aromatic carbocycles. The summed E-state index contributed by atoms with van der Waals surface area (Å²) in [5.74, 6) is 0.333. The molecular formula is C29H34N2O5. The number of alkyl carbamates (subject to hydrolysis) is 1. The Morgan fingerprint density at radius 3 is 2.14 bits per heavy atom. The van der Waals surface area contributed by atoms with E-state index < -0.39 is 11.6 Å². The highest BCUT2D eigenvalue weighted by Gasteiger charge is 2.42. The van der Waals surface area contributed by atoms with Crippen molar-refractivity contribution < 1.29 is 23.8 Å². The van der Waals surface area contributed by atoms with Crippen LogP contribution >= 0.6 is 0 Å². The van der Waals surface area contributed by atoms with E-state index in [2.05, 4.69) is 10.6 Å². The number of ether oxygens (including phenoxy) is 3. The molecule has 190 valence electrons. The topological polar surface area (TPSA) is 85.9 Å². The summed E-state index contributed by atoms with van der Waals surface area (Å²) in [5.41, 5.74) is 1.28. The van der Waals surface area contributed by atoms with Gasteiger partial charge in [0.1, 0.15) is 12.4 Å². The second-order valence-electron chi connectivity index (χ2n) is 8.67. The fourth-order valence-electron chi connectivity index (χ4n) is 3.83. The van der Waals surface area contributed by atoms with E-state index in [4.69, 9.17) is 14.2 Å². The number of anilines is 1. The normalized spacial score (nSPS) is 12.3. The summed E-state index contributed by atoms with van der Waals surface area (Å²) in [4.78, 5) is 25.8. The van der Waals surface area contributed by atoms with Gasteiger partial charge in [0.25, 0.3) is 0 Å². The number of methoxy groups -OCH3 is 1. The van der Waals surface area contributed by atoms with Crippen molar-refractivity contribution in [3.8, 4) is 5.75 Å². The van der Waals surface area contributed by atoms with Gasteiger partial charge in [0.2, 0.25) is 0 Å². The number of rotatable bonds is 12. The number of nitrogens with one attached hydrogen (secondary N) is 2. The summed E-state index contributed by atoms with van der Waals surface area (Å²) < 4.78 is 16.3. The molecule has 0 heterocycles. The molecule has 2 N–H and O–H groups in total. The van der Waals surface area contributed by atoms with E-state index >= 15 is 0 Å². The predicted octanol–water partition coefficient (Wildman–Crippen LogP) is 5.66. The van der Waals surface area contributed by atoms with E-state index in [9.17, 15) is 9.59 Å². The second kappa shape index (κ2) is 13.2. The zero-order valence-corrected chi connectivity index (χ0v) is 21.0. The Hall–Kier alpha value is -4.00. The lowest BCUT2D eigenvalue weighted by Gasteiger charge is -2.35. The molecule has 0 aliphatic carbocycles. The van der Waals surface area contributed by atoms with Crippen LogP contribution in [0.15, 0.2) is 84.9 Å². The third-order valence-electron chi connectivity index (χ3n) is 5.62. The minimum absolute atomic E-state index is 0.195. The molecule has 0 bridgehead atoms. The van der Waals surface area contributed by atoms with Crippen molar-refractivity contribution in [2.75, 3.05) is 19.0 Å². The lowest BCUT2D eigenvalue weighted by molar-refractivity contribution is -0.153. The SMILES string of the molecule is COc1ccc(N[C@](CCCNC(=O)OCc2ccccc2)(C(=O)OC(C)C)c2ccccc2)cc1. The fraction of sp³-hybridized carbons (Fsp3) is 0.310. The van der Waals surface area contributed by atoms with Gasteiger partial charge in [0, 0.05) is 12.2 Å². The molecule has 0 spiro atoms. The van der Waals surface area contributed by atoms with Crippen LogP contribution in [0.25, 0.3) is 0 Å². The van der Waals surface area contributed by atoms with Gasteiger partial charge in [-0.2, -0.15) is 0 Å². The summed E-state index contributed by atoms with van der Waals surface area (Å²) in [6.07, 6.45) is 0.0977. The molecule has 1 atom stereocenters. The molecule has 3 rings (SSSR count). The molecule has 0 aliphatic heterocycles. The van der Waals surface area contributed by atoms with Crippen LogP contribution in [0.1, 0.15) is 37.8 Å². The molecule has 0 aromatic heterocycles. The van der Waals surface area contributed by atoms with Crippen LogP contribution in [0.2, 0.25) is 0 Å². The van der Waals surface area contributed by atoms with Crippen LogP contribution in [0.5, 0.6) is 5.75 Å². The molecule has 7 heteroatoms. The minimum Gasteiger partial charge on any atom is -0.497 e. The van der Waals surface area contributed by atoms with Crippen LogP contribution in [0, 0.1) is 0 Å². The lowest BCUT2D eigenvalue weighted by atomic mass is 9.84. The Morgan fingerprint density at radius 1 is 0.889 bits per heavy atom. The molecule has 0 radical (unpaired) electrons. The van der Waals surface area contributed by atoms with Crippen LogP contribution in [0.4, 0.5) is 10.5 Å². The Balaban J connectivity index is 1.74. The van der Waals surface area contributed by atoms with Gasteiger partial charge in [-0.1, -0.05) is 60.7 Å². The Bertz CT molecular complexity index is 1090. The standard InChI is InChI=1S/C29H34N2O5/c1-22(2)36-27(32)29(24-13-8-5-9-14-24,31-25-15-17-26(34-3)18-16-25)19-10-20-30-28(33)35-21-23-11-6-4-7-12-23/h4-9,11-18,22,31H,10,19-21H2,1-3H3,(H,30,33)/t29-/m0/s1. The molecule has 0 unspecified atom stereocenters. The highest BCUT2D eigenvalue weighted by Crippen LogP contribution is 2.34. The molecule has 1 amide bonds. The van der Waals surface area contributed by atoms with Crippen molar-refractivity contribution >= 4 is 17.7 Å². The van der Waals surface area contributed by atoms with Gasteiger partial charge in [-0.25, -0.2) is 9.59 Å². The van der Waals surface area contributed by atoms with Gasteiger partial charge < -0.3 is 24.8 Å². The number of amides is 1. The van der Waals surface area contributed by atoms with Gasteiger partial charge in [0.15, 0.2) is 5.54 Å². The number of hydrogen-bond donors (Lipinski definition) is 2. The van der Waals surface area contributed by atoms with Crippen LogP contribution < -0.4 is 15.4 Å². The van der Waals surface area contributed by atoms with Gasteiger partial charge in [-0.3, -0.25) is 0 Å². The molecule has 36 heavy (non-hydrogen) atoms. The molecule has 0 aliphatic rings. The van der Waals surface area contributed by atoms with Gasteiger partial charge >= 0.3 is 12.1 Å². The third kappa shape index (κ3) is 7.50. The largest absolute Gasteiger partial charge is 0.497 e. The number of benzene rings is 3. The minimum atomic E-state index is -1.16. The smallest absolute Gasteiger partial charge is 0.407 e. The monoisotopic (exact) mass is 490 g/mol. The Labute approximate surface area is 212 Å². The highest BCUT2D eigenvalue weighted by atomic mass is 16.6. The van der Waals surface area contributed by atoms with Crippen molar-refractivity contribution in [1.82, 2.24) is 5.32 Å². The maximum Gasteiger partial charge on any atom is 0.407 e. The van der Waals surface area contributed by atoms with Crippen LogP contribution in [-0.2, 0) is 26.4 Å². The molecule has 0 saturated carbocycles. The molecule has 7 nitrogen and oxygen atoms in total. The van der Waals surface area contributed by atoms with E-state index in [1.165, 1.54) is 0 Å². The molecule has 3 aromatic rings. The Morgan fingerprint density at radius 2 is 1.53 bits per heavy atom. The first-order valence-corrected chi connectivity index (χ1v) is 12.1. The third-order valence-corrected chi connectivity index (χ3v) is 5.62. The zero-order valence-electron chi connectivity index (χ0n) is 21.0. The maximum atomic E-state index is 13.6. The summed E-state index contributed by atoms with van der Waals surface area (Å²) in [5, 5.41) is 6.20. The number of esters is 1. The first-order valence-electron chi connectivity index (χ1n) is 12.1. The van der Waals surface area contributed by atoms with Crippen molar-refractivity contribution in [2.45, 2.75) is 44.9 Å². The molecule has 0 saturated heterocycles. The molecule has 0 fully saturated rings.